The number of nitrogens with one attached hydrogen (secondary N) is 3. The van der Waals surface area contributed by atoms with Gasteiger partial charge in [0.1, 0.15) is 11.6 Å². The molecule has 0 spiro atoms. The summed E-state index contributed by atoms with van der Waals surface area (Å²) < 4.78 is 16.4. The zero-order valence-corrected chi connectivity index (χ0v) is 16.6. The third-order valence-electron chi connectivity index (χ3n) is 5.88. The van der Waals surface area contributed by atoms with Crippen LogP contribution in [0.5, 0.6) is 11.5 Å². The molecule has 2 aliphatic rings. The minimum absolute atomic E-state index is 0.00353. The summed E-state index contributed by atoms with van der Waals surface area (Å²) in [5.74, 6) is 1.87. The lowest BCUT2D eigenvalue weighted by molar-refractivity contribution is -0.116. The second kappa shape index (κ2) is 6.98. The van der Waals surface area contributed by atoms with Gasteiger partial charge in [-0.15, -0.1) is 0 Å². The van der Waals surface area contributed by atoms with Gasteiger partial charge in [0.25, 0.3) is 5.56 Å². The standard InChI is InChI=1S/C22H21N3O5/c1-28-15-6-5-11(10-17(15)29-2)12-8-13-18(14(26)9-12)19(16-4-3-7-30-16)20-21(23-13)24-25-22(20)27/h3-7,10,12,19H,8-9H2,1-2H3,(H3,23,24,25,27)/t12-,19-/m1/s1. The van der Waals surface area contributed by atoms with Crippen molar-refractivity contribution in [2.45, 2.75) is 24.7 Å². The molecule has 2 atom stereocenters. The molecular weight excluding hydrogens is 386 g/mol. The third kappa shape index (κ3) is 2.75. The second-order valence-electron chi connectivity index (χ2n) is 7.48. The van der Waals surface area contributed by atoms with Gasteiger partial charge >= 0.3 is 0 Å². The highest BCUT2D eigenvalue weighted by atomic mass is 16.5. The summed E-state index contributed by atoms with van der Waals surface area (Å²) in [5.41, 5.74) is 2.61. The van der Waals surface area contributed by atoms with E-state index >= 15 is 0 Å². The van der Waals surface area contributed by atoms with Gasteiger partial charge in [-0.3, -0.25) is 19.8 Å². The highest BCUT2D eigenvalue weighted by Crippen LogP contribution is 2.47. The molecule has 3 aromatic rings. The maximum Gasteiger partial charge on any atom is 0.270 e. The molecule has 2 aromatic heterocycles. The Morgan fingerprint density at radius 1 is 1.03 bits per heavy atom. The van der Waals surface area contributed by atoms with E-state index in [0.29, 0.717) is 47.1 Å². The summed E-state index contributed by atoms with van der Waals surface area (Å²) in [6.45, 7) is 0. The number of anilines is 1. The molecule has 8 heteroatoms. The second-order valence-corrected chi connectivity index (χ2v) is 7.48. The Balaban J connectivity index is 1.57. The van der Waals surface area contributed by atoms with Crippen LogP contribution in [0.25, 0.3) is 0 Å². The molecule has 0 saturated heterocycles. The molecule has 5 rings (SSSR count). The van der Waals surface area contributed by atoms with E-state index in [1.807, 2.05) is 18.2 Å². The van der Waals surface area contributed by atoms with Crippen LogP contribution in [0.4, 0.5) is 5.82 Å². The minimum atomic E-state index is -0.528. The van der Waals surface area contributed by atoms with Gasteiger partial charge in [-0.2, -0.15) is 0 Å². The molecule has 0 radical (unpaired) electrons. The van der Waals surface area contributed by atoms with E-state index in [1.165, 1.54) is 0 Å². The van der Waals surface area contributed by atoms with Gasteiger partial charge in [0.15, 0.2) is 17.3 Å². The number of benzene rings is 1. The highest BCUT2D eigenvalue weighted by molar-refractivity contribution is 6.01. The smallest absolute Gasteiger partial charge is 0.270 e. The van der Waals surface area contributed by atoms with Crippen LogP contribution in [0.2, 0.25) is 0 Å². The number of ketones is 1. The van der Waals surface area contributed by atoms with E-state index in [4.69, 9.17) is 13.9 Å². The summed E-state index contributed by atoms with van der Waals surface area (Å²) in [6, 6.07) is 9.28. The van der Waals surface area contributed by atoms with Crippen LogP contribution in [0.1, 0.15) is 41.6 Å². The monoisotopic (exact) mass is 407 g/mol. The van der Waals surface area contributed by atoms with E-state index in [2.05, 4.69) is 15.5 Å². The minimum Gasteiger partial charge on any atom is -0.493 e. The number of hydrogen-bond acceptors (Lipinski definition) is 6. The molecule has 0 bridgehead atoms. The zero-order chi connectivity index (χ0) is 20.8. The third-order valence-corrected chi connectivity index (χ3v) is 5.88. The Hall–Kier alpha value is -3.68. The number of carbonyl (C=O) groups is 1. The molecule has 0 fully saturated rings. The number of furan rings is 1. The van der Waals surface area contributed by atoms with Crippen LogP contribution in [0.15, 0.2) is 57.1 Å². The first-order valence-corrected chi connectivity index (χ1v) is 9.69. The first-order valence-electron chi connectivity index (χ1n) is 9.69. The van der Waals surface area contributed by atoms with Crippen LogP contribution in [-0.4, -0.2) is 30.2 Å². The van der Waals surface area contributed by atoms with Gasteiger partial charge in [-0.05, 0) is 42.2 Å². The molecule has 30 heavy (non-hydrogen) atoms. The zero-order valence-electron chi connectivity index (χ0n) is 16.6. The van der Waals surface area contributed by atoms with Gasteiger partial charge < -0.3 is 19.2 Å². The predicted molar refractivity (Wildman–Crippen MR) is 109 cm³/mol. The predicted octanol–water partition coefficient (Wildman–Crippen LogP) is 3.27. The topological polar surface area (TPSA) is 109 Å². The molecule has 3 N–H and O–H groups in total. The van der Waals surface area contributed by atoms with Crippen molar-refractivity contribution in [3.8, 4) is 11.5 Å². The number of carbonyl (C=O) groups excluding carboxylic acids is 1. The fourth-order valence-corrected chi connectivity index (χ4v) is 4.50. The summed E-state index contributed by atoms with van der Waals surface area (Å²) in [4.78, 5) is 25.8. The molecule has 0 saturated carbocycles. The maximum atomic E-state index is 13.3. The fraction of sp³-hybridized carbons (Fsp3) is 0.273. The molecular formula is C22H21N3O5. The molecule has 1 aliphatic heterocycles. The Labute approximate surface area is 171 Å². The van der Waals surface area contributed by atoms with E-state index in [9.17, 15) is 9.59 Å². The van der Waals surface area contributed by atoms with E-state index in [-0.39, 0.29) is 17.3 Å². The number of hydrogen-bond donors (Lipinski definition) is 3. The SMILES string of the molecule is COc1ccc([C@H]2CC(=O)C3=C(C2)Nc2[nH][nH]c(=O)c2[C@@H]3c2ccco2)cc1OC. The number of aromatic amines is 2. The van der Waals surface area contributed by atoms with E-state index in [0.717, 1.165) is 11.3 Å². The van der Waals surface area contributed by atoms with Crippen molar-refractivity contribution in [3.63, 3.8) is 0 Å². The molecule has 1 aromatic carbocycles. The summed E-state index contributed by atoms with van der Waals surface area (Å²) in [7, 11) is 3.18. The number of fused-ring (bicyclic) bond motifs is 1. The van der Waals surface area contributed by atoms with Crippen LogP contribution >= 0.6 is 0 Å². The number of Topliss-reactive ketones (excluding diaryl/α,β-unsaturated/α-hetero) is 1. The van der Waals surface area contributed by atoms with Gasteiger partial charge in [0, 0.05) is 17.7 Å². The molecule has 1 aliphatic carbocycles. The molecule has 8 nitrogen and oxygen atoms in total. The average molecular weight is 407 g/mol. The Kier molecular flexibility index (Phi) is 4.27. The Morgan fingerprint density at radius 2 is 1.87 bits per heavy atom. The van der Waals surface area contributed by atoms with Crippen LogP contribution in [0, 0.1) is 0 Å². The number of ether oxygens (including phenoxy) is 2. The van der Waals surface area contributed by atoms with Crippen molar-refractivity contribution in [1.29, 1.82) is 0 Å². The maximum absolute atomic E-state index is 13.3. The lowest BCUT2D eigenvalue weighted by atomic mass is 9.74. The molecule has 0 amide bonds. The quantitative estimate of drug-likeness (QED) is 0.612. The largest absolute Gasteiger partial charge is 0.493 e. The van der Waals surface area contributed by atoms with Crippen LogP contribution in [-0.2, 0) is 4.79 Å². The summed E-state index contributed by atoms with van der Waals surface area (Å²) >= 11 is 0. The van der Waals surface area contributed by atoms with Gasteiger partial charge in [-0.25, -0.2) is 0 Å². The van der Waals surface area contributed by atoms with Crippen LogP contribution in [0.3, 0.4) is 0 Å². The van der Waals surface area contributed by atoms with Crippen molar-refractivity contribution >= 4 is 11.6 Å². The van der Waals surface area contributed by atoms with Crippen molar-refractivity contribution in [3.05, 3.63) is 75.1 Å². The van der Waals surface area contributed by atoms with Crippen LogP contribution < -0.4 is 20.3 Å². The van der Waals surface area contributed by atoms with Gasteiger partial charge in [0.2, 0.25) is 0 Å². The number of H-pyrrole nitrogens is 2. The van der Waals surface area contributed by atoms with Gasteiger partial charge in [0.05, 0.1) is 32.0 Å². The summed E-state index contributed by atoms with van der Waals surface area (Å²) in [6.07, 6.45) is 2.52. The number of aromatic nitrogens is 2. The normalized spacial score (nSPS) is 20.4. The first-order chi connectivity index (χ1) is 14.6. The van der Waals surface area contributed by atoms with Gasteiger partial charge in [-0.1, -0.05) is 6.07 Å². The Bertz CT molecular complexity index is 1200. The molecule has 3 heterocycles. The van der Waals surface area contributed by atoms with E-state index in [1.54, 1.807) is 32.6 Å². The molecule has 0 unspecified atom stereocenters. The fourth-order valence-electron chi connectivity index (χ4n) is 4.50. The number of rotatable bonds is 4. The van der Waals surface area contributed by atoms with Crippen molar-refractivity contribution in [2.24, 2.45) is 0 Å². The lowest BCUT2D eigenvalue weighted by Crippen LogP contribution is -2.31. The summed E-state index contributed by atoms with van der Waals surface area (Å²) in [5, 5.41) is 8.76. The van der Waals surface area contributed by atoms with Crippen molar-refractivity contribution in [2.75, 3.05) is 19.5 Å². The lowest BCUT2D eigenvalue weighted by Gasteiger charge is -2.33. The number of allylic oxidation sites excluding steroid dienone is 2. The van der Waals surface area contributed by atoms with Crippen molar-refractivity contribution < 1.29 is 18.7 Å². The van der Waals surface area contributed by atoms with E-state index < -0.39 is 5.92 Å². The number of methoxy groups -OCH3 is 2. The first kappa shape index (κ1) is 18.4. The average Bonchev–Trinajstić information content (AvgIpc) is 3.42. The Morgan fingerprint density at radius 3 is 2.60 bits per heavy atom. The molecule has 154 valence electrons. The van der Waals surface area contributed by atoms with Crippen molar-refractivity contribution in [1.82, 2.24) is 10.2 Å². The highest BCUT2D eigenvalue weighted by Gasteiger charge is 2.41.